The van der Waals surface area contributed by atoms with Crippen molar-refractivity contribution in [2.75, 3.05) is 33.4 Å². The molecule has 1 saturated heterocycles. The molecule has 2 aromatic carbocycles. The molecule has 0 spiro atoms. The van der Waals surface area contributed by atoms with Gasteiger partial charge < -0.3 is 9.47 Å². The lowest BCUT2D eigenvalue weighted by atomic mass is 10.0. The van der Waals surface area contributed by atoms with Gasteiger partial charge in [-0.05, 0) is 31.2 Å². The molecular formula is C20H24ClFN2O4S. The number of nitrogens with one attached hydrogen (secondary N) is 1. The third-order valence-electron chi connectivity index (χ3n) is 4.87. The molecule has 0 bridgehead atoms. The second-order valence-corrected chi connectivity index (χ2v) is 8.97. The fraction of sp³-hybridized carbons (Fsp3) is 0.400. The van der Waals surface area contributed by atoms with Gasteiger partial charge in [0.05, 0.1) is 25.9 Å². The van der Waals surface area contributed by atoms with Gasteiger partial charge in [0, 0.05) is 30.2 Å². The molecule has 158 valence electrons. The van der Waals surface area contributed by atoms with E-state index in [0.29, 0.717) is 19.7 Å². The first-order chi connectivity index (χ1) is 13.8. The molecular weight excluding hydrogens is 419 g/mol. The summed E-state index contributed by atoms with van der Waals surface area (Å²) < 4.78 is 53.8. The van der Waals surface area contributed by atoms with Gasteiger partial charge in [0.1, 0.15) is 16.5 Å². The summed E-state index contributed by atoms with van der Waals surface area (Å²) in [5, 5.41) is 0.255. The van der Waals surface area contributed by atoms with Gasteiger partial charge in [-0.1, -0.05) is 29.8 Å². The van der Waals surface area contributed by atoms with Crippen molar-refractivity contribution in [3.63, 3.8) is 0 Å². The minimum atomic E-state index is -3.88. The van der Waals surface area contributed by atoms with Gasteiger partial charge in [-0.25, -0.2) is 17.5 Å². The average Bonchev–Trinajstić information content (AvgIpc) is 2.70. The number of hydrogen-bond acceptors (Lipinski definition) is 5. The molecule has 0 radical (unpaired) electrons. The summed E-state index contributed by atoms with van der Waals surface area (Å²) in [4.78, 5) is 2.01. The lowest BCUT2D eigenvalue weighted by Gasteiger charge is -2.38. The number of ether oxygens (including phenoxy) is 2. The first-order valence-corrected chi connectivity index (χ1v) is 11.1. The van der Waals surface area contributed by atoms with E-state index in [1.807, 2.05) is 11.8 Å². The van der Waals surface area contributed by atoms with Crippen molar-refractivity contribution < 1.29 is 22.3 Å². The standard InChI is InChI=1S/C20H24ClFN2O4S/c1-14-13-24(10-11-28-14)17(20-15(21)6-5-7-16(20)22)12-23-29(25,26)19-9-4-3-8-18(19)27-2/h3-9,14,17,23H,10-13H2,1-2H3. The number of rotatable bonds is 7. The highest BCUT2D eigenvalue weighted by Crippen LogP contribution is 2.32. The van der Waals surface area contributed by atoms with Crippen molar-refractivity contribution in [3.8, 4) is 5.75 Å². The monoisotopic (exact) mass is 442 g/mol. The zero-order valence-electron chi connectivity index (χ0n) is 16.3. The third-order valence-corrected chi connectivity index (χ3v) is 6.66. The molecule has 3 rings (SSSR count). The predicted octanol–water partition coefficient (Wildman–Crippen LogP) is 3.23. The lowest BCUT2D eigenvalue weighted by Crippen LogP contribution is -2.46. The third kappa shape index (κ3) is 5.07. The highest BCUT2D eigenvalue weighted by Gasteiger charge is 2.31. The highest BCUT2D eigenvalue weighted by atomic mass is 35.5. The number of hydrogen-bond donors (Lipinski definition) is 1. The fourth-order valence-electron chi connectivity index (χ4n) is 3.48. The van der Waals surface area contributed by atoms with E-state index in [1.165, 1.54) is 25.3 Å². The summed E-state index contributed by atoms with van der Waals surface area (Å²) in [5.74, 6) is -0.237. The molecule has 1 heterocycles. The van der Waals surface area contributed by atoms with E-state index in [0.717, 1.165) is 0 Å². The van der Waals surface area contributed by atoms with Crippen LogP contribution in [-0.4, -0.2) is 52.8 Å². The van der Waals surface area contributed by atoms with E-state index in [-0.39, 0.29) is 33.9 Å². The zero-order valence-corrected chi connectivity index (χ0v) is 17.8. The van der Waals surface area contributed by atoms with E-state index in [9.17, 15) is 12.8 Å². The molecule has 1 aliphatic rings. The number of morpholine rings is 1. The van der Waals surface area contributed by atoms with E-state index in [2.05, 4.69) is 4.72 Å². The maximum absolute atomic E-state index is 14.7. The summed E-state index contributed by atoms with van der Waals surface area (Å²) in [6.07, 6.45) is -0.0531. The summed E-state index contributed by atoms with van der Waals surface area (Å²) in [5.41, 5.74) is 0.269. The van der Waals surface area contributed by atoms with Crippen LogP contribution in [0, 0.1) is 5.82 Å². The van der Waals surface area contributed by atoms with Gasteiger partial charge in [0.15, 0.2) is 0 Å². The molecule has 29 heavy (non-hydrogen) atoms. The Labute approximate surface area is 175 Å². The van der Waals surface area contributed by atoms with Crippen LogP contribution in [0.1, 0.15) is 18.5 Å². The summed E-state index contributed by atoms with van der Waals surface area (Å²) in [6, 6.07) is 10.2. The Morgan fingerprint density at radius 2 is 2.07 bits per heavy atom. The Hall–Kier alpha value is -1.71. The van der Waals surface area contributed by atoms with Crippen LogP contribution >= 0.6 is 11.6 Å². The van der Waals surface area contributed by atoms with Crippen LogP contribution in [0.2, 0.25) is 5.02 Å². The van der Waals surface area contributed by atoms with Crippen molar-refractivity contribution in [2.45, 2.75) is 24.0 Å². The summed E-state index contributed by atoms with van der Waals surface area (Å²) in [7, 11) is -2.47. The average molecular weight is 443 g/mol. The predicted molar refractivity (Wildman–Crippen MR) is 109 cm³/mol. The topological polar surface area (TPSA) is 67.9 Å². The Morgan fingerprint density at radius 3 is 2.76 bits per heavy atom. The Bertz CT molecular complexity index is 937. The summed E-state index contributed by atoms with van der Waals surface area (Å²) in [6.45, 7) is 3.42. The molecule has 2 unspecified atom stereocenters. The SMILES string of the molecule is COc1ccccc1S(=O)(=O)NCC(c1c(F)cccc1Cl)N1CCOC(C)C1. The minimum absolute atomic E-state index is 0.0243. The first-order valence-electron chi connectivity index (χ1n) is 9.25. The van der Waals surface area contributed by atoms with Gasteiger partial charge in [-0.3, -0.25) is 4.90 Å². The number of para-hydroxylation sites is 1. The molecule has 0 aliphatic carbocycles. The number of methoxy groups -OCH3 is 1. The van der Waals surface area contributed by atoms with E-state index < -0.39 is 21.9 Å². The van der Waals surface area contributed by atoms with Crippen LogP contribution in [-0.2, 0) is 14.8 Å². The molecule has 1 aliphatic heterocycles. The fourth-order valence-corrected chi connectivity index (χ4v) is 4.97. The van der Waals surface area contributed by atoms with E-state index in [4.69, 9.17) is 21.1 Å². The molecule has 2 atom stereocenters. The van der Waals surface area contributed by atoms with Crippen LogP contribution in [0.3, 0.4) is 0 Å². The van der Waals surface area contributed by atoms with Crippen molar-refractivity contribution in [1.82, 2.24) is 9.62 Å². The molecule has 0 aromatic heterocycles. The molecule has 2 aromatic rings. The number of halogens is 2. The maximum Gasteiger partial charge on any atom is 0.244 e. The van der Waals surface area contributed by atoms with Crippen LogP contribution in [0.5, 0.6) is 5.75 Å². The number of benzene rings is 2. The normalized spacial score (nSPS) is 19.1. The molecule has 0 amide bonds. The molecule has 1 N–H and O–H groups in total. The second kappa shape index (κ2) is 9.40. The van der Waals surface area contributed by atoms with Crippen LogP contribution < -0.4 is 9.46 Å². The second-order valence-electron chi connectivity index (χ2n) is 6.83. The van der Waals surface area contributed by atoms with Gasteiger partial charge >= 0.3 is 0 Å². The largest absolute Gasteiger partial charge is 0.495 e. The van der Waals surface area contributed by atoms with Crippen molar-refractivity contribution >= 4 is 21.6 Å². The van der Waals surface area contributed by atoms with Crippen molar-refractivity contribution in [2.24, 2.45) is 0 Å². The molecule has 0 saturated carbocycles. The van der Waals surface area contributed by atoms with Crippen LogP contribution in [0.4, 0.5) is 4.39 Å². The summed E-state index contributed by atoms with van der Waals surface area (Å²) >= 11 is 6.30. The Kier molecular flexibility index (Phi) is 7.13. The molecule has 9 heteroatoms. The van der Waals surface area contributed by atoms with Crippen molar-refractivity contribution in [3.05, 3.63) is 58.9 Å². The molecule has 6 nitrogen and oxygen atoms in total. The van der Waals surface area contributed by atoms with Gasteiger partial charge in [0.25, 0.3) is 0 Å². The molecule has 1 fully saturated rings. The lowest BCUT2D eigenvalue weighted by molar-refractivity contribution is -0.0342. The quantitative estimate of drug-likeness (QED) is 0.713. The Balaban J connectivity index is 1.91. The van der Waals surface area contributed by atoms with Gasteiger partial charge in [-0.15, -0.1) is 0 Å². The highest BCUT2D eigenvalue weighted by molar-refractivity contribution is 7.89. The number of sulfonamides is 1. The maximum atomic E-state index is 14.7. The van der Waals surface area contributed by atoms with E-state index >= 15 is 0 Å². The Morgan fingerprint density at radius 1 is 1.31 bits per heavy atom. The van der Waals surface area contributed by atoms with Crippen LogP contribution in [0.15, 0.2) is 47.4 Å². The van der Waals surface area contributed by atoms with Gasteiger partial charge in [0.2, 0.25) is 10.0 Å². The minimum Gasteiger partial charge on any atom is -0.495 e. The zero-order chi connectivity index (χ0) is 21.0. The van der Waals surface area contributed by atoms with Crippen LogP contribution in [0.25, 0.3) is 0 Å². The first kappa shape index (κ1) is 22.0. The number of nitrogens with zero attached hydrogens (tertiary/aromatic N) is 1. The van der Waals surface area contributed by atoms with E-state index in [1.54, 1.807) is 24.3 Å². The smallest absolute Gasteiger partial charge is 0.244 e. The van der Waals surface area contributed by atoms with Crippen molar-refractivity contribution in [1.29, 1.82) is 0 Å². The van der Waals surface area contributed by atoms with Gasteiger partial charge in [-0.2, -0.15) is 0 Å².